The average molecular weight is 264 g/mol. The lowest BCUT2D eigenvalue weighted by atomic mass is 10.0. The van der Waals surface area contributed by atoms with Crippen molar-refractivity contribution in [2.45, 2.75) is 25.9 Å². The lowest BCUT2D eigenvalue weighted by molar-refractivity contribution is 0.113. The van der Waals surface area contributed by atoms with Crippen LogP contribution in [0.4, 0.5) is 0 Å². The van der Waals surface area contributed by atoms with Crippen molar-refractivity contribution in [3.63, 3.8) is 0 Å². The van der Waals surface area contributed by atoms with E-state index in [1.165, 1.54) is 5.56 Å². The van der Waals surface area contributed by atoms with Crippen LogP contribution in [-0.2, 0) is 6.54 Å². The zero-order chi connectivity index (χ0) is 13.7. The quantitative estimate of drug-likeness (QED) is 0.840. The van der Waals surface area contributed by atoms with E-state index in [9.17, 15) is 5.11 Å². The van der Waals surface area contributed by atoms with Gasteiger partial charge in [-0.15, -0.1) is 0 Å². The molecule has 0 saturated heterocycles. The van der Waals surface area contributed by atoms with Crippen LogP contribution in [0, 0.1) is 0 Å². The van der Waals surface area contributed by atoms with Crippen LogP contribution < -0.4 is 10.1 Å². The fourth-order valence-corrected chi connectivity index (χ4v) is 2.60. The third kappa shape index (κ3) is 3.69. The number of aliphatic hydroxyl groups excluding tert-OH is 1. The molecule has 0 radical (unpaired) electrons. The minimum Gasteiger partial charge on any atom is -0.492 e. The number of ether oxygens (including phenoxy) is 1. The summed E-state index contributed by atoms with van der Waals surface area (Å²) in [5.74, 6) is 0.985. The van der Waals surface area contributed by atoms with Gasteiger partial charge in [0.15, 0.2) is 0 Å². The van der Waals surface area contributed by atoms with Gasteiger partial charge in [0, 0.05) is 25.2 Å². The molecule has 0 bridgehead atoms. The van der Waals surface area contributed by atoms with Crippen LogP contribution in [0.2, 0.25) is 0 Å². The van der Waals surface area contributed by atoms with E-state index in [0.29, 0.717) is 6.61 Å². The number of para-hydroxylation sites is 1. The number of fused-ring (bicyclic) bond motifs is 1. The van der Waals surface area contributed by atoms with E-state index in [0.717, 1.165) is 31.9 Å². The minimum absolute atomic E-state index is 0.139. The molecule has 1 heterocycles. The Bertz CT molecular complexity index is 411. The van der Waals surface area contributed by atoms with Gasteiger partial charge >= 0.3 is 0 Å². The van der Waals surface area contributed by atoms with Gasteiger partial charge < -0.3 is 15.2 Å². The molecule has 4 heteroatoms. The van der Waals surface area contributed by atoms with Crippen LogP contribution in [-0.4, -0.2) is 48.4 Å². The lowest BCUT2D eigenvalue weighted by Crippen LogP contribution is -2.54. The summed E-state index contributed by atoms with van der Waals surface area (Å²) >= 11 is 0. The molecule has 4 nitrogen and oxygen atoms in total. The van der Waals surface area contributed by atoms with Gasteiger partial charge in [0.2, 0.25) is 0 Å². The normalized spacial score (nSPS) is 19.1. The van der Waals surface area contributed by atoms with Crippen LogP contribution in [0.5, 0.6) is 5.75 Å². The second-order valence-corrected chi connectivity index (χ2v) is 5.42. The summed E-state index contributed by atoms with van der Waals surface area (Å²) in [4.78, 5) is 2.34. The molecule has 1 unspecified atom stereocenters. The monoisotopic (exact) mass is 264 g/mol. The van der Waals surface area contributed by atoms with Crippen molar-refractivity contribution in [3.8, 4) is 5.75 Å². The molecule has 0 fully saturated rings. The third-order valence-corrected chi connectivity index (χ3v) is 3.56. The Labute approximate surface area is 115 Å². The summed E-state index contributed by atoms with van der Waals surface area (Å²) in [7, 11) is 0. The van der Waals surface area contributed by atoms with Crippen LogP contribution >= 0.6 is 0 Å². The summed E-state index contributed by atoms with van der Waals surface area (Å²) in [5, 5.41) is 13.0. The third-order valence-electron chi connectivity index (χ3n) is 3.56. The Morgan fingerprint density at radius 1 is 1.42 bits per heavy atom. The second-order valence-electron chi connectivity index (χ2n) is 5.42. The molecule has 1 atom stereocenters. The molecule has 106 valence electrons. The van der Waals surface area contributed by atoms with E-state index in [2.05, 4.69) is 30.1 Å². The molecule has 0 saturated carbocycles. The average Bonchev–Trinajstić information content (AvgIpc) is 2.60. The fraction of sp³-hybridized carbons (Fsp3) is 0.600. The van der Waals surface area contributed by atoms with Gasteiger partial charge in [-0.2, -0.15) is 0 Å². The van der Waals surface area contributed by atoms with Gasteiger partial charge in [0.05, 0.1) is 12.1 Å². The van der Waals surface area contributed by atoms with E-state index in [-0.39, 0.29) is 12.1 Å². The van der Waals surface area contributed by atoms with Crippen molar-refractivity contribution >= 4 is 0 Å². The minimum atomic E-state index is -0.256. The zero-order valence-corrected chi connectivity index (χ0v) is 11.9. The number of nitrogens with one attached hydrogen (secondary N) is 1. The number of benzene rings is 1. The summed E-state index contributed by atoms with van der Waals surface area (Å²) in [6, 6.07) is 8.18. The van der Waals surface area contributed by atoms with Gasteiger partial charge in [0.1, 0.15) is 12.4 Å². The molecule has 2 rings (SSSR count). The highest BCUT2D eigenvalue weighted by Crippen LogP contribution is 2.23. The predicted octanol–water partition coefficient (Wildman–Crippen LogP) is 1.24. The smallest absolute Gasteiger partial charge is 0.123 e. The van der Waals surface area contributed by atoms with Crippen molar-refractivity contribution in [2.75, 3.05) is 32.8 Å². The number of aliphatic hydroxyl groups is 1. The zero-order valence-electron chi connectivity index (χ0n) is 11.9. The summed E-state index contributed by atoms with van der Waals surface area (Å²) in [5.41, 5.74) is 0.963. The van der Waals surface area contributed by atoms with Crippen molar-refractivity contribution in [3.05, 3.63) is 29.8 Å². The molecule has 0 aromatic heterocycles. The Kier molecular flexibility index (Phi) is 4.80. The molecule has 1 aliphatic rings. The van der Waals surface area contributed by atoms with Crippen molar-refractivity contribution < 1.29 is 9.84 Å². The van der Waals surface area contributed by atoms with Crippen LogP contribution in [0.1, 0.15) is 19.4 Å². The van der Waals surface area contributed by atoms with Crippen LogP contribution in [0.3, 0.4) is 0 Å². The van der Waals surface area contributed by atoms with Gasteiger partial charge in [0.25, 0.3) is 0 Å². The van der Waals surface area contributed by atoms with E-state index < -0.39 is 0 Å². The molecule has 0 amide bonds. The summed E-state index contributed by atoms with van der Waals surface area (Å²) in [6.07, 6.45) is 0. The number of hydrogen-bond acceptors (Lipinski definition) is 4. The Morgan fingerprint density at radius 3 is 2.95 bits per heavy atom. The van der Waals surface area contributed by atoms with Crippen LogP contribution in [0.15, 0.2) is 24.3 Å². The highest BCUT2D eigenvalue weighted by Gasteiger charge is 2.26. The van der Waals surface area contributed by atoms with Gasteiger partial charge in [-0.1, -0.05) is 25.1 Å². The maximum Gasteiger partial charge on any atom is 0.123 e. The van der Waals surface area contributed by atoms with Crippen molar-refractivity contribution in [2.24, 2.45) is 0 Å². The highest BCUT2D eigenvalue weighted by molar-refractivity contribution is 5.33. The number of nitrogens with zero attached hydrogens (tertiary/aromatic N) is 1. The Balaban J connectivity index is 2.06. The number of likely N-dealkylation sites (N-methyl/N-ethyl adjacent to an activating group) is 1. The Hall–Kier alpha value is -1.10. The first-order valence-electron chi connectivity index (χ1n) is 6.96. The molecular formula is C15H24N2O2. The van der Waals surface area contributed by atoms with Gasteiger partial charge in [-0.25, -0.2) is 0 Å². The second kappa shape index (κ2) is 6.37. The topological polar surface area (TPSA) is 44.7 Å². The number of rotatable bonds is 5. The standard InChI is InChI=1S/C15H24N2O2/c1-3-16-15(2,12-18)11-17-8-9-19-14-7-5-4-6-13(14)10-17/h4-7,16,18H,3,8-12H2,1-2H3. The molecule has 0 spiro atoms. The first-order valence-corrected chi connectivity index (χ1v) is 6.96. The molecule has 19 heavy (non-hydrogen) atoms. The molecule has 1 aromatic rings. The molecular weight excluding hydrogens is 240 g/mol. The van der Waals surface area contributed by atoms with Gasteiger partial charge in [-0.3, -0.25) is 4.90 Å². The Morgan fingerprint density at radius 2 is 2.21 bits per heavy atom. The largest absolute Gasteiger partial charge is 0.492 e. The van der Waals surface area contributed by atoms with Gasteiger partial charge in [-0.05, 0) is 19.5 Å². The van der Waals surface area contributed by atoms with Crippen molar-refractivity contribution in [1.29, 1.82) is 0 Å². The first-order chi connectivity index (χ1) is 9.17. The van der Waals surface area contributed by atoms with Crippen LogP contribution in [0.25, 0.3) is 0 Å². The number of hydrogen-bond donors (Lipinski definition) is 2. The summed E-state index contributed by atoms with van der Waals surface area (Å²) in [6.45, 7) is 8.40. The van der Waals surface area contributed by atoms with Crippen molar-refractivity contribution in [1.82, 2.24) is 10.2 Å². The molecule has 0 aliphatic carbocycles. The fourth-order valence-electron chi connectivity index (χ4n) is 2.60. The lowest BCUT2D eigenvalue weighted by Gasteiger charge is -2.34. The predicted molar refractivity (Wildman–Crippen MR) is 76.4 cm³/mol. The highest BCUT2D eigenvalue weighted by atomic mass is 16.5. The molecule has 1 aromatic carbocycles. The maximum absolute atomic E-state index is 9.59. The van der Waals surface area contributed by atoms with E-state index in [1.807, 2.05) is 18.2 Å². The molecule has 1 aliphatic heterocycles. The maximum atomic E-state index is 9.59. The molecule has 2 N–H and O–H groups in total. The van der Waals surface area contributed by atoms with E-state index in [4.69, 9.17) is 4.74 Å². The summed E-state index contributed by atoms with van der Waals surface area (Å²) < 4.78 is 5.76. The van der Waals surface area contributed by atoms with E-state index >= 15 is 0 Å². The van der Waals surface area contributed by atoms with E-state index in [1.54, 1.807) is 0 Å². The SMILES string of the molecule is CCNC(C)(CO)CN1CCOc2ccccc2C1. The first kappa shape index (κ1) is 14.3.